The average Bonchev–Trinajstić information content (AvgIpc) is 3.01. The lowest BCUT2D eigenvalue weighted by Gasteiger charge is -2.28. The first-order valence-electron chi connectivity index (χ1n) is 7.87. The molecular weight excluding hydrogens is 308 g/mol. The molecule has 1 aliphatic heterocycles. The van der Waals surface area contributed by atoms with Gasteiger partial charge < -0.3 is 5.32 Å². The van der Waals surface area contributed by atoms with Gasteiger partial charge >= 0.3 is 0 Å². The Bertz CT molecular complexity index is 697. The third-order valence-electron chi connectivity index (χ3n) is 4.14. The molecule has 0 saturated heterocycles. The van der Waals surface area contributed by atoms with Gasteiger partial charge in [-0.2, -0.15) is 0 Å². The average molecular weight is 328 g/mol. The molecule has 120 valence electrons. The van der Waals surface area contributed by atoms with Crippen LogP contribution in [0.5, 0.6) is 0 Å². The Balaban J connectivity index is 1.78. The number of hydrogen-bond donors (Lipinski definition) is 1. The highest BCUT2D eigenvalue weighted by Crippen LogP contribution is 2.28. The van der Waals surface area contributed by atoms with Crippen LogP contribution in [0.3, 0.4) is 0 Å². The van der Waals surface area contributed by atoms with Crippen LogP contribution in [0.25, 0.3) is 0 Å². The van der Waals surface area contributed by atoms with Gasteiger partial charge in [0.05, 0.1) is 6.54 Å². The zero-order valence-corrected chi connectivity index (χ0v) is 13.9. The summed E-state index contributed by atoms with van der Waals surface area (Å²) in [6.07, 6.45) is 2.19. The van der Waals surface area contributed by atoms with Gasteiger partial charge in [-0.25, -0.2) is 0 Å². The van der Waals surface area contributed by atoms with Gasteiger partial charge in [0.25, 0.3) is 0 Å². The number of hydrogen-bond acceptors (Lipinski definition) is 3. The van der Waals surface area contributed by atoms with E-state index in [9.17, 15) is 9.59 Å². The molecular formula is C18H20N2O2S. The van der Waals surface area contributed by atoms with Crippen molar-refractivity contribution in [2.24, 2.45) is 0 Å². The molecule has 0 unspecified atom stereocenters. The molecule has 2 heterocycles. The fourth-order valence-corrected chi connectivity index (χ4v) is 3.56. The van der Waals surface area contributed by atoms with Crippen molar-refractivity contribution < 1.29 is 9.59 Å². The predicted molar refractivity (Wildman–Crippen MR) is 92.5 cm³/mol. The van der Waals surface area contributed by atoms with Crippen LogP contribution in [-0.4, -0.2) is 17.9 Å². The van der Waals surface area contributed by atoms with E-state index in [2.05, 4.69) is 5.32 Å². The van der Waals surface area contributed by atoms with Crippen LogP contribution < -0.4 is 10.2 Å². The van der Waals surface area contributed by atoms with Gasteiger partial charge in [-0.3, -0.25) is 14.5 Å². The molecule has 0 saturated carbocycles. The molecule has 0 radical (unpaired) electrons. The Labute approximate surface area is 140 Å². The number of carbonyl (C=O) groups is 2. The summed E-state index contributed by atoms with van der Waals surface area (Å²) >= 11 is 1.61. The maximum atomic E-state index is 12.5. The van der Waals surface area contributed by atoms with E-state index >= 15 is 0 Å². The van der Waals surface area contributed by atoms with Crippen molar-refractivity contribution in [3.63, 3.8) is 0 Å². The van der Waals surface area contributed by atoms with Gasteiger partial charge in [0.1, 0.15) is 6.04 Å². The summed E-state index contributed by atoms with van der Waals surface area (Å²) < 4.78 is 0. The summed E-state index contributed by atoms with van der Waals surface area (Å²) in [6, 6.07) is 11.3. The molecule has 0 fully saturated rings. The van der Waals surface area contributed by atoms with E-state index in [0.717, 1.165) is 29.0 Å². The Morgan fingerprint density at radius 3 is 2.87 bits per heavy atom. The molecule has 23 heavy (non-hydrogen) atoms. The van der Waals surface area contributed by atoms with E-state index in [1.807, 2.05) is 41.8 Å². The van der Waals surface area contributed by atoms with Crippen molar-refractivity contribution in [3.8, 4) is 0 Å². The van der Waals surface area contributed by atoms with E-state index < -0.39 is 6.04 Å². The number of rotatable bonds is 4. The molecule has 3 rings (SSSR count). The molecule has 1 atom stereocenters. The molecule has 5 heteroatoms. The fraction of sp³-hybridized carbons (Fsp3) is 0.333. The number of fused-ring (bicyclic) bond motifs is 1. The Hall–Kier alpha value is -2.14. The molecule has 0 aliphatic carbocycles. The first kappa shape index (κ1) is 15.7. The maximum absolute atomic E-state index is 12.5. The number of thiophene rings is 1. The second-order valence-corrected chi connectivity index (χ2v) is 6.75. The largest absolute Gasteiger partial charge is 0.349 e. The van der Waals surface area contributed by atoms with Crippen LogP contribution >= 0.6 is 11.3 Å². The quantitative estimate of drug-likeness (QED) is 0.937. The highest BCUT2D eigenvalue weighted by atomic mass is 32.1. The highest BCUT2D eigenvalue weighted by molar-refractivity contribution is 7.09. The number of nitrogens with zero attached hydrogens (tertiary/aromatic N) is 1. The van der Waals surface area contributed by atoms with Crippen molar-refractivity contribution in [1.82, 2.24) is 5.32 Å². The summed E-state index contributed by atoms with van der Waals surface area (Å²) in [7, 11) is 0. The second kappa shape index (κ2) is 6.96. The molecule has 0 bridgehead atoms. The van der Waals surface area contributed by atoms with Crippen LogP contribution in [0.2, 0.25) is 0 Å². The monoisotopic (exact) mass is 328 g/mol. The summed E-state index contributed by atoms with van der Waals surface area (Å²) in [6.45, 7) is 2.30. The number of amides is 2. The topological polar surface area (TPSA) is 49.4 Å². The minimum absolute atomic E-state index is 0.0220. The molecule has 0 spiro atoms. The highest BCUT2D eigenvalue weighted by Gasteiger charge is 2.30. The molecule has 4 nitrogen and oxygen atoms in total. The first-order valence-corrected chi connectivity index (χ1v) is 8.75. The van der Waals surface area contributed by atoms with Gasteiger partial charge in [0, 0.05) is 17.0 Å². The van der Waals surface area contributed by atoms with Crippen LogP contribution in [-0.2, 0) is 22.6 Å². The zero-order valence-electron chi connectivity index (χ0n) is 13.1. The van der Waals surface area contributed by atoms with E-state index in [-0.39, 0.29) is 11.8 Å². The maximum Gasteiger partial charge on any atom is 0.243 e. The number of nitrogens with one attached hydrogen (secondary N) is 1. The first-order chi connectivity index (χ1) is 11.2. The minimum atomic E-state index is -0.512. The molecule has 2 aromatic rings. The standard InChI is InChI=1S/C18H20N2O2S/c1-13(18(22)19-12-15-8-5-11-23-15)20-16-9-3-2-6-14(16)7-4-10-17(20)21/h2-3,5-6,8-9,11,13H,4,7,10,12H2,1H3,(H,19,22)/t13-/m0/s1. The van der Waals surface area contributed by atoms with Crippen molar-refractivity contribution in [2.75, 3.05) is 4.90 Å². The predicted octanol–water partition coefficient (Wildman–Crippen LogP) is 3.12. The lowest BCUT2D eigenvalue weighted by molar-refractivity contribution is -0.126. The minimum Gasteiger partial charge on any atom is -0.349 e. The van der Waals surface area contributed by atoms with E-state index in [4.69, 9.17) is 0 Å². The lowest BCUT2D eigenvalue weighted by Crippen LogP contribution is -2.48. The number of carbonyl (C=O) groups excluding carboxylic acids is 2. The normalized spacial score (nSPS) is 15.7. The molecule has 1 N–H and O–H groups in total. The number of anilines is 1. The molecule has 1 aromatic carbocycles. The van der Waals surface area contributed by atoms with Crippen molar-refractivity contribution in [3.05, 3.63) is 52.2 Å². The van der Waals surface area contributed by atoms with Crippen molar-refractivity contribution in [2.45, 2.75) is 38.8 Å². The van der Waals surface area contributed by atoms with E-state index in [1.54, 1.807) is 23.2 Å². The second-order valence-electron chi connectivity index (χ2n) is 5.72. The Morgan fingerprint density at radius 1 is 1.26 bits per heavy atom. The fourth-order valence-electron chi connectivity index (χ4n) is 2.92. The number of para-hydroxylation sites is 1. The van der Waals surface area contributed by atoms with Crippen molar-refractivity contribution >= 4 is 28.8 Å². The van der Waals surface area contributed by atoms with Gasteiger partial charge in [-0.15, -0.1) is 11.3 Å². The summed E-state index contributed by atoms with van der Waals surface area (Å²) in [4.78, 5) is 27.8. The number of aryl methyl sites for hydroxylation is 1. The number of benzene rings is 1. The summed E-state index contributed by atoms with van der Waals surface area (Å²) in [5.74, 6) is -0.0998. The van der Waals surface area contributed by atoms with Gasteiger partial charge in [-0.05, 0) is 42.8 Å². The third-order valence-corrected chi connectivity index (χ3v) is 5.02. The van der Waals surface area contributed by atoms with Gasteiger partial charge in [-0.1, -0.05) is 24.3 Å². The Morgan fingerprint density at radius 2 is 2.09 bits per heavy atom. The third kappa shape index (κ3) is 3.45. The van der Waals surface area contributed by atoms with Gasteiger partial charge in [0.2, 0.25) is 11.8 Å². The van der Waals surface area contributed by atoms with Crippen LogP contribution in [0.15, 0.2) is 41.8 Å². The zero-order chi connectivity index (χ0) is 16.2. The van der Waals surface area contributed by atoms with Crippen LogP contribution in [0.4, 0.5) is 5.69 Å². The summed E-state index contributed by atoms with van der Waals surface area (Å²) in [5.41, 5.74) is 2.00. The smallest absolute Gasteiger partial charge is 0.243 e. The molecule has 2 amide bonds. The molecule has 1 aromatic heterocycles. The van der Waals surface area contributed by atoms with E-state index in [0.29, 0.717) is 13.0 Å². The summed E-state index contributed by atoms with van der Waals surface area (Å²) in [5, 5.41) is 4.92. The Kier molecular flexibility index (Phi) is 4.76. The molecule has 1 aliphatic rings. The van der Waals surface area contributed by atoms with E-state index in [1.165, 1.54) is 0 Å². The van der Waals surface area contributed by atoms with Gasteiger partial charge in [0.15, 0.2) is 0 Å². The SMILES string of the molecule is C[C@@H](C(=O)NCc1cccs1)N1C(=O)CCCc2ccccc21. The van der Waals surface area contributed by atoms with Crippen molar-refractivity contribution in [1.29, 1.82) is 0 Å². The van der Waals surface area contributed by atoms with Crippen LogP contribution in [0.1, 0.15) is 30.2 Å². The van der Waals surface area contributed by atoms with Crippen LogP contribution in [0, 0.1) is 0 Å². The lowest BCUT2D eigenvalue weighted by atomic mass is 10.1.